The Kier molecular flexibility index (Phi) is 4.17. The Bertz CT molecular complexity index is 1070. The highest BCUT2D eigenvalue weighted by atomic mass is 32.1. The van der Waals surface area contributed by atoms with Gasteiger partial charge in [0.2, 0.25) is 5.88 Å². The van der Waals surface area contributed by atoms with Crippen molar-refractivity contribution in [2.45, 2.75) is 38.6 Å². The van der Waals surface area contributed by atoms with Crippen molar-refractivity contribution in [3.05, 3.63) is 48.7 Å². The molecule has 0 unspecified atom stereocenters. The molecule has 0 bridgehead atoms. The maximum atomic E-state index is 12.3. The molecule has 128 valence electrons. The number of aromatic nitrogens is 1. The number of hydrogen-bond acceptors (Lipinski definition) is 4. The average Bonchev–Trinajstić information content (AvgIpc) is 3.17. The first-order valence-corrected chi connectivity index (χ1v) is 9.63. The zero-order valence-electron chi connectivity index (χ0n) is 13.9. The van der Waals surface area contributed by atoms with Gasteiger partial charge in [0.15, 0.2) is 3.95 Å². The van der Waals surface area contributed by atoms with Crippen LogP contribution in [0, 0.1) is 10.9 Å². The summed E-state index contributed by atoms with van der Waals surface area (Å²) in [5.74, 6) is -0.117. The molecule has 1 saturated carbocycles. The number of amides is 1. The van der Waals surface area contributed by atoms with Crippen molar-refractivity contribution in [2.24, 2.45) is 4.99 Å². The van der Waals surface area contributed by atoms with Gasteiger partial charge in [0.1, 0.15) is 0 Å². The largest absolute Gasteiger partial charge is 0.493 e. The van der Waals surface area contributed by atoms with Crippen molar-refractivity contribution in [1.82, 2.24) is 4.57 Å². The van der Waals surface area contributed by atoms with Crippen LogP contribution in [0.1, 0.15) is 42.2 Å². The molecule has 2 heterocycles. The molecule has 1 aromatic heterocycles. The zero-order chi connectivity index (χ0) is 17.6. The fraction of sp³-hybridized carbons (Fsp3) is 0.316. The van der Waals surface area contributed by atoms with Gasteiger partial charge in [-0.15, -0.1) is 11.3 Å². The number of carbonyl (C=O) groups is 1. The second-order valence-corrected chi connectivity index (χ2v) is 8.26. The van der Waals surface area contributed by atoms with Gasteiger partial charge in [0, 0.05) is 16.8 Å². The number of hydrogen-bond donors (Lipinski definition) is 1. The Morgan fingerprint density at radius 3 is 2.88 bits per heavy atom. The maximum Gasteiger partial charge on any atom is 0.277 e. The molecule has 0 spiro atoms. The molecule has 2 aliphatic rings. The summed E-state index contributed by atoms with van der Waals surface area (Å²) in [4.78, 5) is 17.1. The van der Waals surface area contributed by atoms with Crippen molar-refractivity contribution in [1.29, 1.82) is 0 Å². The third-order valence-electron chi connectivity index (χ3n) is 4.78. The summed E-state index contributed by atoms with van der Waals surface area (Å²) in [5.41, 5.74) is 1.59. The predicted octanol–water partition coefficient (Wildman–Crippen LogP) is 3.43. The van der Waals surface area contributed by atoms with Gasteiger partial charge in [0.25, 0.3) is 5.91 Å². The molecule has 1 fully saturated rings. The summed E-state index contributed by atoms with van der Waals surface area (Å²) in [7, 11) is 0. The van der Waals surface area contributed by atoms with E-state index in [-0.39, 0.29) is 17.8 Å². The zero-order valence-corrected chi connectivity index (χ0v) is 15.5. The number of rotatable bonds is 2. The smallest absolute Gasteiger partial charge is 0.277 e. The predicted molar refractivity (Wildman–Crippen MR) is 102 cm³/mol. The van der Waals surface area contributed by atoms with Crippen molar-refractivity contribution in [2.75, 3.05) is 0 Å². The highest BCUT2D eigenvalue weighted by molar-refractivity contribution is 7.73. The fourth-order valence-corrected chi connectivity index (χ4v) is 4.91. The second-order valence-electron chi connectivity index (χ2n) is 6.59. The molecule has 6 heteroatoms. The number of carbonyl (C=O) groups excluding carboxylic acids is 1. The van der Waals surface area contributed by atoms with E-state index in [1.54, 1.807) is 6.08 Å². The summed E-state index contributed by atoms with van der Waals surface area (Å²) < 4.78 is 2.51. The molecule has 2 aromatic rings. The van der Waals surface area contributed by atoms with Gasteiger partial charge in [-0.2, -0.15) is 0 Å². The van der Waals surface area contributed by atoms with Gasteiger partial charge in [-0.1, -0.05) is 24.5 Å². The van der Waals surface area contributed by atoms with Crippen molar-refractivity contribution in [3.63, 3.8) is 0 Å². The number of thiazole rings is 1. The van der Waals surface area contributed by atoms with Gasteiger partial charge in [-0.25, -0.2) is 4.99 Å². The number of benzene rings is 1. The third kappa shape index (κ3) is 3.00. The summed E-state index contributed by atoms with van der Waals surface area (Å²) in [5, 5.41) is 12.2. The van der Waals surface area contributed by atoms with E-state index in [0.29, 0.717) is 19.8 Å². The van der Waals surface area contributed by atoms with Crippen LogP contribution in [-0.4, -0.2) is 15.6 Å². The van der Waals surface area contributed by atoms with E-state index in [1.807, 2.05) is 35.8 Å². The van der Waals surface area contributed by atoms with Crippen LogP contribution in [0.3, 0.4) is 0 Å². The van der Waals surface area contributed by atoms with Crippen LogP contribution in [0.2, 0.25) is 0 Å². The Hall–Kier alpha value is -2.05. The van der Waals surface area contributed by atoms with Crippen LogP contribution in [-0.2, 0) is 4.79 Å². The number of fused-ring (bicyclic) bond motifs is 1. The van der Waals surface area contributed by atoms with E-state index >= 15 is 0 Å². The van der Waals surface area contributed by atoms with Crippen LogP contribution in [0.15, 0.2) is 28.8 Å². The summed E-state index contributed by atoms with van der Waals surface area (Å²) in [6, 6.07) is 6.07. The molecule has 1 aliphatic heterocycles. The molecule has 1 N–H and O–H groups in total. The topological polar surface area (TPSA) is 54.6 Å². The first kappa shape index (κ1) is 16.4. The van der Waals surface area contributed by atoms with Crippen molar-refractivity contribution >= 4 is 41.6 Å². The standard InChI is InChI=1S/C19H18N2O2S2/c1-11-6-7-15-12(8-11)9-13(17(22)20-15)10-16-18(23)21(19(24)25-16)14-4-2-3-5-14/h6-10,14,23H,2-5H2,1H3/b13-10+. The van der Waals surface area contributed by atoms with Crippen LogP contribution < -0.4 is 10.6 Å². The van der Waals surface area contributed by atoms with Gasteiger partial charge in [0.05, 0.1) is 10.2 Å². The van der Waals surface area contributed by atoms with E-state index in [0.717, 1.165) is 23.6 Å². The molecular formula is C19H18N2O2S2. The summed E-state index contributed by atoms with van der Waals surface area (Å²) in [6.07, 6.45) is 7.96. The number of aromatic hydroxyl groups is 1. The Balaban J connectivity index is 1.80. The third-order valence-corrected chi connectivity index (χ3v) is 6.12. The normalized spacial score (nSPS) is 18.9. The molecule has 4 rings (SSSR count). The highest BCUT2D eigenvalue weighted by Gasteiger charge is 2.23. The van der Waals surface area contributed by atoms with Crippen molar-refractivity contribution < 1.29 is 9.90 Å². The molecule has 1 aromatic carbocycles. The average molecular weight is 370 g/mol. The van der Waals surface area contributed by atoms with Crippen LogP contribution in [0.5, 0.6) is 5.88 Å². The minimum Gasteiger partial charge on any atom is -0.493 e. The van der Waals surface area contributed by atoms with E-state index < -0.39 is 0 Å². The first-order valence-electron chi connectivity index (χ1n) is 8.40. The minimum absolute atomic E-state index is 0.172. The lowest BCUT2D eigenvalue weighted by molar-refractivity contribution is -0.114. The second kappa shape index (κ2) is 6.35. The lowest BCUT2D eigenvalue weighted by atomic mass is 10.1. The van der Waals surface area contributed by atoms with Gasteiger partial charge in [-0.3, -0.25) is 9.36 Å². The SMILES string of the molecule is Cc1ccc2c(c1)=C/C(=C\c1sc(=S)n(C3CCCC3)c1O)C(=O)N=2. The minimum atomic E-state index is -0.289. The molecular weight excluding hydrogens is 352 g/mol. The maximum absolute atomic E-state index is 12.3. The summed E-state index contributed by atoms with van der Waals surface area (Å²) in [6.45, 7) is 2.01. The molecule has 1 aliphatic carbocycles. The van der Waals surface area contributed by atoms with Gasteiger partial charge < -0.3 is 5.11 Å². The van der Waals surface area contributed by atoms with Crippen LogP contribution in [0.25, 0.3) is 12.2 Å². The van der Waals surface area contributed by atoms with Gasteiger partial charge >= 0.3 is 0 Å². The molecule has 0 saturated heterocycles. The Morgan fingerprint density at radius 2 is 2.12 bits per heavy atom. The number of aryl methyl sites for hydroxylation is 1. The lowest BCUT2D eigenvalue weighted by Gasteiger charge is -2.12. The molecule has 25 heavy (non-hydrogen) atoms. The van der Waals surface area contributed by atoms with Crippen LogP contribution >= 0.6 is 23.6 Å². The van der Waals surface area contributed by atoms with Crippen molar-refractivity contribution in [3.8, 4) is 5.88 Å². The Labute approximate surface area is 154 Å². The molecule has 0 radical (unpaired) electrons. The van der Waals surface area contributed by atoms with Gasteiger partial charge in [-0.05, 0) is 56.3 Å². The highest BCUT2D eigenvalue weighted by Crippen LogP contribution is 2.38. The van der Waals surface area contributed by atoms with Crippen LogP contribution in [0.4, 0.5) is 0 Å². The monoisotopic (exact) mass is 370 g/mol. The quantitative estimate of drug-likeness (QED) is 0.651. The Morgan fingerprint density at radius 1 is 1.36 bits per heavy atom. The lowest BCUT2D eigenvalue weighted by Crippen LogP contribution is -2.30. The van der Waals surface area contributed by atoms with E-state index in [4.69, 9.17) is 12.2 Å². The fourth-order valence-electron chi connectivity index (χ4n) is 3.51. The number of nitrogens with zero attached hydrogens (tertiary/aromatic N) is 2. The van der Waals surface area contributed by atoms with E-state index in [1.165, 1.54) is 24.2 Å². The molecule has 0 atom stereocenters. The molecule has 4 nitrogen and oxygen atoms in total. The van der Waals surface area contributed by atoms with E-state index in [9.17, 15) is 9.90 Å². The first-order chi connectivity index (χ1) is 12.0. The molecule has 1 amide bonds. The van der Waals surface area contributed by atoms with E-state index in [2.05, 4.69) is 4.99 Å². The summed E-state index contributed by atoms with van der Waals surface area (Å²) >= 11 is 6.79.